The second kappa shape index (κ2) is 9.69. The lowest BCUT2D eigenvalue weighted by molar-refractivity contribution is -0.778. The van der Waals surface area contributed by atoms with Crippen molar-refractivity contribution in [3.8, 4) is 22.5 Å². The number of pyridine rings is 2. The van der Waals surface area contributed by atoms with Crippen LogP contribution in [0.5, 0.6) is 0 Å². The first kappa shape index (κ1) is 28.4. The summed E-state index contributed by atoms with van der Waals surface area (Å²) in [6, 6.07) is 26.2. The minimum Gasteiger partial charge on any atom is -0.207 e. The largest absolute Gasteiger partial charge is 0.264 e. The van der Waals surface area contributed by atoms with Gasteiger partial charge in [-0.3, -0.25) is 0 Å². The van der Waals surface area contributed by atoms with E-state index in [-0.39, 0.29) is 16.8 Å². The van der Waals surface area contributed by atoms with Crippen LogP contribution in [0, 0.1) is 12.7 Å². The molecule has 2 atom stereocenters. The number of nitrogens with zero attached hydrogens (tertiary/aromatic N) is 2. The zero-order valence-electron chi connectivity index (χ0n) is 27.5. The highest BCUT2D eigenvalue weighted by Crippen LogP contribution is 2.64. The van der Waals surface area contributed by atoms with Crippen molar-refractivity contribution in [3.63, 3.8) is 0 Å². The van der Waals surface area contributed by atoms with Crippen LogP contribution in [-0.2, 0) is 22.8 Å². The minimum atomic E-state index is -0.453. The zero-order chi connectivity index (χ0) is 31.3. The van der Waals surface area contributed by atoms with Crippen molar-refractivity contribution < 1.29 is 13.5 Å². The molecule has 0 saturated heterocycles. The molecule has 3 heteroatoms. The Hall–Kier alpha value is -4.11. The fraction of sp³-hybridized carbons (Fsp3) is 0.333. The highest BCUT2D eigenvalue weighted by molar-refractivity contribution is 6.02. The highest BCUT2D eigenvalue weighted by Gasteiger charge is 2.75. The van der Waals surface area contributed by atoms with E-state index >= 15 is 4.39 Å². The van der Waals surface area contributed by atoms with Crippen molar-refractivity contribution in [2.45, 2.75) is 90.0 Å². The standard InChI is InChI=1S/C42H43FN2/c1-7-10-16-28-24-29-21-23-45-39-36(29)32(25-28)40(5,6)38-33(43)20-19-31(37(38)39)41(8-2)26-35(42(41,45)9-3)44-22-14-13-18-34(44)30-17-12-11-15-27(30)4/h11-15,17-26H,7-10,16H2,1-6H3/q+2. The molecule has 2 nitrogen and oxygen atoms in total. The summed E-state index contributed by atoms with van der Waals surface area (Å²) < 4.78 is 21.3. The Balaban J connectivity index is 1.50. The van der Waals surface area contributed by atoms with Crippen molar-refractivity contribution in [2.75, 3.05) is 0 Å². The van der Waals surface area contributed by atoms with E-state index in [0.717, 1.165) is 43.2 Å². The molecule has 0 radical (unpaired) electrons. The fourth-order valence-corrected chi connectivity index (χ4v) is 9.51. The first-order valence-corrected chi connectivity index (χ1v) is 16.9. The van der Waals surface area contributed by atoms with Gasteiger partial charge in [-0.1, -0.05) is 77.4 Å². The number of aryl methyl sites for hydroxylation is 2. The van der Waals surface area contributed by atoms with Crippen LogP contribution in [0.25, 0.3) is 39.0 Å². The molecule has 8 rings (SSSR count). The minimum absolute atomic E-state index is 0.0926. The molecule has 0 N–H and O–H groups in total. The third-order valence-corrected chi connectivity index (χ3v) is 11.7. The molecule has 1 aliphatic heterocycles. The van der Waals surface area contributed by atoms with E-state index in [1.165, 1.54) is 55.7 Å². The maximum Gasteiger partial charge on any atom is 0.264 e. The Labute approximate surface area is 266 Å². The predicted octanol–water partition coefficient (Wildman–Crippen LogP) is 9.50. The molecule has 226 valence electrons. The summed E-state index contributed by atoms with van der Waals surface area (Å²) >= 11 is 0. The van der Waals surface area contributed by atoms with Gasteiger partial charge in [0.1, 0.15) is 5.82 Å². The van der Waals surface area contributed by atoms with Crippen LogP contribution in [0.2, 0.25) is 0 Å². The van der Waals surface area contributed by atoms with Gasteiger partial charge in [0, 0.05) is 47.2 Å². The molecule has 2 aromatic heterocycles. The van der Waals surface area contributed by atoms with E-state index in [9.17, 15) is 0 Å². The van der Waals surface area contributed by atoms with E-state index in [2.05, 4.69) is 136 Å². The Morgan fingerprint density at radius 1 is 0.822 bits per heavy atom. The normalized spacial score (nSPS) is 21.7. The smallest absolute Gasteiger partial charge is 0.207 e. The van der Waals surface area contributed by atoms with Gasteiger partial charge in [-0.05, 0) is 72.0 Å². The van der Waals surface area contributed by atoms with Crippen molar-refractivity contribution in [3.05, 3.63) is 125 Å². The summed E-state index contributed by atoms with van der Waals surface area (Å²) in [6.07, 6.45) is 12.3. The van der Waals surface area contributed by atoms with Gasteiger partial charge in [0.05, 0.1) is 16.4 Å². The number of allylic oxidation sites excluding steroid dienone is 2. The van der Waals surface area contributed by atoms with Crippen LogP contribution in [-0.4, -0.2) is 0 Å². The van der Waals surface area contributed by atoms with E-state index in [1.807, 2.05) is 0 Å². The fourth-order valence-electron chi connectivity index (χ4n) is 9.51. The monoisotopic (exact) mass is 594 g/mol. The van der Waals surface area contributed by atoms with Gasteiger partial charge >= 0.3 is 0 Å². The zero-order valence-corrected chi connectivity index (χ0v) is 27.5. The van der Waals surface area contributed by atoms with Crippen LogP contribution >= 0.6 is 0 Å². The summed E-state index contributed by atoms with van der Waals surface area (Å²) in [5, 5.41) is 2.56. The SMILES string of the molecule is CCCCc1cc2c3c4[n+](ccc3c1)C1(CC)C([n+]3ccccc3-c3ccccc3C)=CC1(CC)c1ccc(F)c(c1-4)C2(C)C. The van der Waals surface area contributed by atoms with Crippen LogP contribution in [0.15, 0.2) is 91.3 Å². The number of hydrogen-bond acceptors (Lipinski definition) is 0. The van der Waals surface area contributed by atoms with Gasteiger partial charge in [0.2, 0.25) is 11.4 Å². The Kier molecular flexibility index (Phi) is 6.11. The number of halogens is 1. The first-order chi connectivity index (χ1) is 21.7. The number of unbranched alkanes of at least 4 members (excludes halogenated alkanes) is 1. The molecule has 0 spiro atoms. The van der Waals surface area contributed by atoms with Crippen LogP contribution in [0.3, 0.4) is 0 Å². The number of fused-ring (bicyclic) bond motifs is 3. The van der Waals surface area contributed by atoms with Gasteiger partial charge in [0.15, 0.2) is 12.4 Å². The third kappa shape index (κ3) is 3.39. The van der Waals surface area contributed by atoms with E-state index in [1.54, 1.807) is 6.07 Å². The topological polar surface area (TPSA) is 7.76 Å². The molecule has 2 unspecified atom stereocenters. The van der Waals surface area contributed by atoms with Crippen molar-refractivity contribution in [2.24, 2.45) is 0 Å². The first-order valence-electron chi connectivity index (χ1n) is 16.9. The Bertz CT molecular complexity index is 2090. The lowest BCUT2D eigenvalue weighted by Crippen LogP contribution is -2.78. The Morgan fingerprint density at radius 3 is 2.38 bits per heavy atom. The van der Waals surface area contributed by atoms with Crippen molar-refractivity contribution in [1.29, 1.82) is 0 Å². The van der Waals surface area contributed by atoms with Crippen LogP contribution < -0.4 is 9.13 Å². The predicted molar refractivity (Wildman–Crippen MR) is 182 cm³/mol. The lowest BCUT2D eigenvalue weighted by Gasteiger charge is -2.54. The molecule has 0 amide bonds. The van der Waals surface area contributed by atoms with Gasteiger partial charge in [0.25, 0.3) is 11.2 Å². The average Bonchev–Trinajstić information content (AvgIpc) is 3.03. The summed E-state index contributed by atoms with van der Waals surface area (Å²) in [7, 11) is 0. The average molecular weight is 595 g/mol. The van der Waals surface area contributed by atoms with Gasteiger partial charge in [-0.15, -0.1) is 0 Å². The summed E-state index contributed by atoms with van der Waals surface area (Å²) in [6.45, 7) is 13.6. The van der Waals surface area contributed by atoms with E-state index in [4.69, 9.17) is 0 Å². The quantitative estimate of drug-likeness (QED) is 0.166. The molecular weight excluding hydrogens is 551 g/mol. The molecule has 3 heterocycles. The maximum atomic E-state index is 16.3. The molecule has 0 saturated carbocycles. The molecule has 3 aromatic carbocycles. The summed E-state index contributed by atoms with van der Waals surface area (Å²) in [5.74, 6) is -0.0926. The van der Waals surface area contributed by atoms with Gasteiger partial charge < -0.3 is 0 Å². The number of benzene rings is 3. The number of aromatic nitrogens is 2. The maximum absolute atomic E-state index is 16.3. The van der Waals surface area contributed by atoms with Crippen LogP contribution in [0.1, 0.15) is 88.1 Å². The van der Waals surface area contributed by atoms with E-state index < -0.39 is 5.41 Å². The molecule has 0 bridgehead atoms. The molecule has 2 aliphatic carbocycles. The second-order valence-electron chi connectivity index (χ2n) is 14.1. The van der Waals surface area contributed by atoms with Gasteiger partial charge in [-0.25, -0.2) is 4.39 Å². The van der Waals surface area contributed by atoms with E-state index in [0.29, 0.717) is 0 Å². The molecular formula is C42H43FN2+2. The Morgan fingerprint density at radius 2 is 1.62 bits per heavy atom. The summed E-state index contributed by atoms with van der Waals surface area (Å²) in [4.78, 5) is 0. The molecule has 3 aliphatic rings. The number of rotatable bonds is 7. The lowest BCUT2D eigenvalue weighted by atomic mass is 9.49. The molecule has 45 heavy (non-hydrogen) atoms. The molecule has 0 fully saturated rings. The van der Waals surface area contributed by atoms with Crippen molar-refractivity contribution in [1.82, 2.24) is 0 Å². The molecule has 5 aromatic rings. The van der Waals surface area contributed by atoms with Crippen LogP contribution in [0.4, 0.5) is 4.39 Å². The van der Waals surface area contributed by atoms with Gasteiger partial charge in [-0.2, -0.15) is 9.13 Å². The number of hydrogen-bond donors (Lipinski definition) is 0. The highest BCUT2D eigenvalue weighted by atomic mass is 19.1. The van der Waals surface area contributed by atoms with Crippen molar-refractivity contribution >= 4 is 16.5 Å². The second-order valence-corrected chi connectivity index (χ2v) is 14.1. The third-order valence-electron chi connectivity index (χ3n) is 11.7. The summed E-state index contributed by atoms with van der Waals surface area (Å²) in [5.41, 5.74) is 11.0.